The van der Waals surface area contributed by atoms with Gasteiger partial charge in [-0.15, -0.1) is 0 Å². The fraction of sp³-hybridized carbons (Fsp3) is 0.839. The molecule has 0 spiro atoms. The van der Waals surface area contributed by atoms with Gasteiger partial charge in [-0.2, -0.15) is 0 Å². The fourth-order valence-corrected chi connectivity index (χ4v) is 9.82. The van der Waals surface area contributed by atoms with Gasteiger partial charge in [-0.05, 0) is 104 Å². The van der Waals surface area contributed by atoms with E-state index in [0.29, 0.717) is 22.7 Å². The third-order valence-electron chi connectivity index (χ3n) is 11.7. The Kier molecular flexibility index (Phi) is 6.36. The molecule has 34 heavy (non-hydrogen) atoms. The first-order chi connectivity index (χ1) is 16.1. The van der Waals surface area contributed by atoms with E-state index < -0.39 is 0 Å². The highest BCUT2D eigenvalue weighted by Crippen LogP contribution is 2.67. The summed E-state index contributed by atoms with van der Waals surface area (Å²) >= 11 is 0. The maximum Gasteiger partial charge on any atom is 0.334 e. The van der Waals surface area contributed by atoms with E-state index in [9.17, 15) is 9.90 Å². The summed E-state index contributed by atoms with van der Waals surface area (Å²) in [5, 5.41) is 10.3. The zero-order valence-electron chi connectivity index (χ0n) is 22.5. The van der Waals surface area contributed by atoms with E-state index in [1.165, 1.54) is 37.7 Å². The van der Waals surface area contributed by atoms with Crippen molar-refractivity contribution >= 4 is 5.97 Å². The Bertz CT molecular complexity index is 883. The normalized spacial score (nSPS) is 45.3. The molecule has 9 atom stereocenters. The van der Waals surface area contributed by atoms with Crippen molar-refractivity contribution in [3.63, 3.8) is 0 Å². The van der Waals surface area contributed by atoms with E-state index >= 15 is 0 Å². The second kappa shape index (κ2) is 8.79. The lowest BCUT2D eigenvalue weighted by atomic mass is 9.47. The molecule has 0 aromatic rings. The first kappa shape index (κ1) is 24.6. The Morgan fingerprint density at radius 3 is 2.53 bits per heavy atom. The molecule has 0 aromatic carbocycles. The van der Waals surface area contributed by atoms with Gasteiger partial charge in [0.05, 0.1) is 6.10 Å². The average molecular weight is 469 g/mol. The Morgan fingerprint density at radius 2 is 1.82 bits per heavy atom. The minimum absolute atomic E-state index is 0.0402. The van der Waals surface area contributed by atoms with Crippen molar-refractivity contribution in [1.29, 1.82) is 0 Å². The highest BCUT2D eigenvalue weighted by atomic mass is 16.5. The van der Waals surface area contributed by atoms with Gasteiger partial charge in [0, 0.05) is 12.0 Å². The molecular weight excluding hydrogens is 420 g/mol. The van der Waals surface area contributed by atoms with Crippen molar-refractivity contribution in [2.45, 2.75) is 118 Å². The Hall–Kier alpha value is -1.09. The average Bonchev–Trinajstić information content (AvgIpc) is 3.15. The predicted octanol–water partition coefficient (Wildman–Crippen LogP) is 7.24. The third kappa shape index (κ3) is 3.66. The smallest absolute Gasteiger partial charge is 0.334 e. The number of allylic oxidation sites excluding steroid dienone is 1. The Labute approximate surface area is 207 Å². The molecule has 0 aromatic heterocycles. The summed E-state index contributed by atoms with van der Waals surface area (Å²) in [6.45, 7) is 13.9. The third-order valence-corrected chi connectivity index (χ3v) is 11.7. The van der Waals surface area contributed by atoms with Gasteiger partial charge in [0.2, 0.25) is 0 Å². The molecule has 3 heteroatoms. The summed E-state index contributed by atoms with van der Waals surface area (Å²) in [7, 11) is 0. The van der Waals surface area contributed by atoms with Crippen LogP contribution in [0.3, 0.4) is 0 Å². The van der Waals surface area contributed by atoms with Crippen LogP contribution in [0.5, 0.6) is 0 Å². The molecule has 5 rings (SSSR count). The zero-order valence-corrected chi connectivity index (χ0v) is 22.5. The SMILES string of the molecule is CCC1=C(C(C)C)C(=O)O[C@@H]([C@@H](C)[C@H]2CC[C@H]3[C@@H]4CC=C5C[C@@H](O)CC[C@]5(C)[C@H]4CC[C@]23C)C1. The number of ether oxygens (including phenoxy) is 1. The summed E-state index contributed by atoms with van der Waals surface area (Å²) in [5.74, 6) is 3.61. The summed E-state index contributed by atoms with van der Waals surface area (Å²) in [6.07, 6.45) is 13.9. The lowest BCUT2D eigenvalue weighted by Crippen LogP contribution is -2.51. The molecule has 3 saturated carbocycles. The number of hydrogen-bond acceptors (Lipinski definition) is 3. The number of carbonyl (C=O) groups excluding carboxylic acids is 1. The lowest BCUT2D eigenvalue weighted by Gasteiger charge is -2.58. The lowest BCUT2D eigenvalue weighted by molar-refractivity contribution is -0.152. The standard InChI is InChI=1S/C31H48O3/c1-7-20-16-27(34-29(33)28(20)18(2)3)19(4)24-10-11-25-23-9-8-21-17-22(32)12-14-30(21,5)26(23)13-15-31(24,25)6/h8,18-19,22-27,32H,7,9-17H2,1-6H3/t19-,22-,23-,24+,25-,26-,27+,30-,31+/m0/s1. The van der Waals surface area contributed by atoms with Crippen molar-refractivity contribution < 1.29 is 14.6 Å². The van der Waals surface area contributed by atoms with E-state index in [1.807, 2.05) is 0 Å². The maximum atomic E-state index is 13.0. The summed E-state index contributed by atoms with van der Waals surface area (Å²) < 4.78 is 6.16. The predicted molar refractivity (Wildman–Crippen MR) is 137 cm³/mol. The number of aliphatic hydroxyl groups is 1. The van der Waals surface area contributed by atoms with Crippen molar-refractivity contribution in [2.75, 3.05) is 0 Å². The van der Waals surface area contributed by atoms with Crippen LogP contribution in [-0.4, -0.2) is 23.3 Å². The largest absolute Gasteiger partial charge is 0.458 e. The Balaban J connectivity index is 1.36. The minimum Gasteiger partial charge on any atom is -0.458 e. The van der Waals surface area contributed by atoms with Crippen LogP contribution in [0.1, 0.15) is 106 Å². The van der Waals surface area contributed by atoms with Gasteiger partial charge in [-0.25, -0.2) is 4.79 Å². The molecular formula is C31H48O3. The number of carbonyl (C=O) groups is 1. The summed E-state index contributed by atoms with van der Waals surface area (Å²) in [5.41, 5.74) is 4.51. The molecule has 3 fully saturated rings. The van der Waals surface area contributed by atoms with Crippen molar-refractivity contribution in [3.8, 4) is 0 Å². The van der Waals surface area contributed by atoms with Gasteiger partial charge in [-0.3, -0.25) is 0 Å². The molecule has 4 aliphatic carbocycles. The first-order valence-electron chi connectivity index (χ1n) is 14.4. The molecule has 3 nitrogen and oxygen atoms in total. The monoisotopic (exact) mass is 468 g/mol. The quantitative estimate of drug-likeness (QED) is 0.349. The van der Waals surface area contributed by atoms with Gasteiger partial charge in [0.15, 0.2) is 0 Å². The zero-order chi connectivity index (χ0) is 24.4. The molecule has 1 N–H and O–H groups in total. The van der Waals surface area contributed by atoms with Gasteiger partial charge in [0.25, 0.3) is 0 Å². The van der Waals surface area contributed by atoms with Crippen LogP contribution < -0.4 is 0 Å². The van der Waals surface area contributed by atoms with E-state index in [4.69, 9.17) is 4.74 Å². The van der Waals surface area contributed by atoms with E-state index in [-0.39, 0.29) is 24.1 Å². The second-order valence-corrected chi connectivity index (χ2v) is 13.4. The molecule has 1 aliphatic heterocycles. The van der Waals surface area contributed by atoms with Gasteiger partial charge in [0.1, 0.15) is 6.10 Å². The number of esters is 1. The van der Waals surface area contributed by atoms with Gasteiger partial charge < -0.3 is 9.84 Å². The topological polar surface area (TPSA) is 46.5 Å². The summed E-state index contributed by atoms with van der Waals surface area (Å²) in [6, 6.07) is 0. The highest BCUT2D eigenvalue weighted by molar-refractivity contribution is 5.90. The van der Waals surface area contributed by atoms with Crippen molar-refractivity contribution in [2.24, 2.45) is 46.3 Å². The van der Waals surface area contributed by atoms with Crippen molar-refractivity contribution in [3.05, 3.63) is 22.8 Å². The number of cyclic esters (lactones) is 1. The first-order valence-corrected chi connectivity index (χ1v) is 14.4. The van der Waals surface area contributed by atoms with Crippen LogP contribution >= 0.6 is 0 Å². The minimum atomic E-state index is -0.127. The van der Waals surface area contributed by atoms with E-state index in [2.05, 4.69) is 47.6 Å². The molecule has 5 aliphatic rings. The van der Waals surface area contributed by atoms with Crippen LogP contribution in [0.4, 0.5) is 0 Å². The molecule has 0 amide bonds. The number of aliphatic hydroxyl groups excluding tert-OH is 1. The van der Waals surface area contributed by atoms with Crippen LogP contribution in [0, 0.1) is 46.3 Å². The molecule has 0 unspecified atom stereocenters. The number of fused-ring (bicyclic) bond motifs is 5. The molecule has 0 saturated heterocycles. The van der Waals surface area contributed by atoms with Gasteiger partial charge >= 0.3 is 5.97 Å². The van der Waals surface area contributed by atoms with Gasteiger partial charge in [-0.1, -0.05) is 58.8 Å². The number of rotatable bonds is 4. The fourth-order valence-electron chi connectivity index (χ4n) is 9.82. The highest BCUT2D eigenvalue weighted by Gasteiger charge is 2.60. The van der Waals surface area contributed by atoms with Crippen molar-refractivity contribution in [1.82, 2.24) is 0 Å². The van der Waals surface area contributed by atoms with E-state index in [1.54, 1.807) is 5.57 Å². The molecule has 0 radical (unpaired) electrons. The molecule has 0 bridgehead atoms. The molecule has 190 valence electrons. The van der Waals surface area contributed by atoms with Crippen LogP contribution in [0.2, 0.25) is 0 Å². The van der Waals surface area contributed by atoms with Crippen LogP contribution in [0.25, 0.3) is 0 Å². The van der Waals surface area contributed by atoms with Crippen LogP contribution in [-0.2, 0) is 9.53 Å². The number of hydrogen-bond donors (Lipinski definition) is 1. The second-order valence-electron chi connectivity index (χ2n) is 13.4. The van der Waals surface area contributed by atoms with E-state index in [0.717, 1.165) is 55.4 Å². The Morgan fingerprint density at radius 1 is 1.06 bits per heavy atom. The van der Waals surface area contributed by atoms with Crippen LogP contribution in [0.15, 0.2) is 22.8 Å². The summed E-state index contributed by atoms with van der Waals surface area (Å²) in [4.78, 5) is 13.0. The maximum absolute atomic E-state index is 13.0. The molecule has 1 heterocycles.